The molecule has 0 radical (unpaired) electrons. The second-order valence-corrected chi connectivity index (χ2v) is 7.34. The largest absolute Gasteiger partial charge is 0.330 e. The summed E-state index contributed by atoms with van der Waals surface area (Å²) in [6.45, 7) is 2.65. The van der Waals surface area contributed by atoms with Gasteiger partial charge in [-0.15, -0.1) is 12.4 Å². The monoisotopic (exact) mass is 376 g/mol. The van der Waals surface area contributed by atoms with Crippen LogP contribution in [0.25, 0.3) is 11.3 Å². The van der Waals surface area contributed by atoms with E-state index in [0.29, 0.717) is 13.0 Å². The summed E-state index contributed by atoms with van der Waals surface area (Å²) < 4.78 is 1.73. The number of carbonyl (C=O) groups excluding carboxylic acids is 1. The lowest BCUT2D eigenvalue weighted by atomic mass is 9.71. The van der Waals surface area contributed by atoms with Crippen LogP contribution in [0, 0.1) is 12.3 Å². The van der Waals surface area contributed by atoms with E-state index < -0.39 is 0 Å². The fourth-order valence-electron chi connectivity index (χ4n) is 3.86. The van der Waals surface area contributed by atoms with Crippen LogP contribution in [0.3, 0.4) is 0 Å². The van der Waals surface area contributed by atoms with Crippen molar-refractivity contribution in [1.29, 1.82) is 0 Å². The topological polar surface area (TPSA) is 72.9 Å². The molecule has 1 aromatic carbocycles. The van der Waals surface area contributed by atoms with Gasteiger partial charge in [-0.3, -0.25) is 9.48 Å². The van der Waals surface area contributed by atoms with Crippen molar-refractivity contribution in [2.24, 2.45) is 18.2 Å². The second kappa shape index (κ2) is 8.69. The Balaban J connectivity index is 0.00000243. The first-order chi connectivity index (χ1) is 12.0. The molecule has 3 N–H and O–H groups in total. The number of benzene rings is 1. The van der Waals surface area contributed by atoms with E-state index in [-0.39, 0.29) is 23.7 Å². The molecule has 0 spiro atoms. The van der Waals surface area contributed by atoms with Crippen LogP contribution < -0.4 is 11.1 Å². The maximum absolute atomic E-state index is 12.6. The molecule has 1 aliphatic carbocycles. The molecule has 1 amide bonds. The van der Waals surface area contributed by atoms with E-state index in [0.717, 1.165) is 29.9 Å². The Hall–Kier alpha value is -1.85. The average molecular weight is 377 g/mol. The van der Waals surface area contributed by atoms with Gasteiger partial charge in [-0.05, 0) is 37.3 Å². The van der Waals surface area contributed by atoms with Gasteiger partial charge in [-0.1, -0.05) is 43.5 Å². The van der Waals surface area contributed by atoms with Crippen LogP contribution in [-0.2, 0) is 11.8 Å². The first kappa shape index (κ1) is 20.5. The highest BCUT2D eigenvalue weighted by Gasteiger charge is 2.33. The molecule has 1 fully saturated rings. The lowest BCUT2D eigenvalue weighted by Crippen LogP contribution is -2.36. The zero-order chi connectivity index (χ0) is 17.9. The Morgan fingerprint density at radius 3 is 2.62 bits per heavy atom. The smallest absolute Gasteiger partial charge is 0.226 e. The number of aryl methyl sites for hydroxylation is 2. The number of nitrogens with two attached hydrogens (primary N) is 1. The third-order valence-corrected chi connectivity index (χ3v) is 5.45. The summed E-state index contributed by atoms with van der Waals surface area (Å²) in [4.78, 5) is 12.6. The molecule has 0 unspecified atom stereocenters. The van der Waals surface area contributed by atoms with Crippen LogP contribution in [0.15, 0.2) is 30.3 Å². The van der Waals surface area contributed by atoms with E-state index in [9.17, 15) is 4.79 Å². The first-order valence-electron chi connectivity index (χ1n) is 9.13. The highest BCUT2D eigenvalue weighted by molar-refractivity contribution is 5.91. The van der Waals surface area contributed by atoms with Crippen molar-refractivity contribution >= 4 is 24.1 Å². The second-order valence-electron chi connectivity index (χ2n) is 7.34. The van der Waals surface area contributed by atoms with Gasteiger partial charge in [0.2, 0.25) is 5.91 Å². The predicted octanol–water partition coefficient (Wildman–Crippen LogP) is 4.06. The van der Waals surface area contributed by atoms with Crippen molar-refractivity contribution in [3.63, 3.8) is 0 Å². The van der Waals surface area contributed by atoms with Crippen molar-refractivity contribution in [2.45, 2.75) is 45.4 Å². The number of rotatable bonds is 5. The van der Waals surface area contributed by atoms with E-state index in [1.165, 1.54) is 24.8 Å². The lowest BCUT2D eigenvalue weighted by molar-refractivity contribution is -0.118. The summed E-state index contributed by atoms with van der Waals surface area (Å²) in [5, 5.41) is 7.59. The number of hydrogen-bond acceptors (Lipinski definition) is 3. The number of carbonyl (C=O) groups is 1. The van der Waals surface area contributed by atoms with Gasteiger partial charge in [0.15, 0.2) is 0 Å². The number of nitrogens with zero attached hydrogens (tertiary/aromatic N) is 2. The van der Waals surface area contributed by atoms with Gasteiger partial charge in [0.1, 0.15) is 5.82 Å². The normalized spacial score (nSPS) is 16.0. The lowest BCUT2D eigenvalue weighted by Gasteiger charge is -2.35. The van der Waals surface area contributed by atoms with Crippen molar-refractivity contribution in [2.75, 3.05) is 11.9 Å². The van der Waals surface area contributed by atoms with Gasteiger partial charge in [-0.25, -0.2) is 0 Å². The molecule has 1 heterocycles. The van der Waals surface area contributed by atoms with E-state index >= 15 is 0 Å². The van der Waals surface area contributed by atoms with E-state index in [1.54, 1.807) is 4.68 Å². The van der Waals surface area contributed by atoms with Gasteiger partial charge in [-0.2, -0.15) is 5.10 Å². The summed E-state index contributed by atoms with van der Waals surface area (Å²) >= 11 is 0. The fourth-order valence-corrected chi connectivity index (χ4v) is 3.86. The van der Waals surface area contributed by atoms with Gasteiger partial charge in [0.05, 0.1) is 5.69 Å². The van der Waals surface area contributed by atoms with Crippen LogP contribution >= 0.6 is 12.4 Å². The minimum atomic E-state index is -0.0280. The summed E-state index contributed by atoms with van der Waals surface area (Å²) in [5.41, 5.74) is 9.11. The molecule has 3 rings (SSSR count). The minimum Gasteiger partial charge on any atom is -0.330 e. The third kappa shape index (κ3) is 4.46. The first-order valence-corrected chi connectivity index (χ1v) is 9.13. The molecule has 0 atom stereocenters. The Kier molecular flexibility index (Phi) is 6.84. The summed E-state index contributed by atoms with van der Waals surface area (Å²) in [7, 11) is 1.86. The van der Waals surface area contributed by atoms with Crippen LogP contribution in [0.5, 0.6) is 0 Å². The van der Waals surface area contributed by atoms with Crippen LogP contribution in [0.2, 0.25) is 0 Å². The molecule has 142 valence electrons. The summed E-state index contributed by atoms with van der Waals surface area (Å²) in [6, 6.07) is 10.1. The van der Waals surface area contributed by atoms with Crippen LogP contribution in [-0.4, -0.2) is 22.2 Å². The molecular formula is C20H29ClN4O. The number of nitrogens with one attached hydrogen (secondary N) is 1. The minimum absolute atomic E-state index is 0. The molecular weight excluding hydrogens is 348 g/mol. The van der Waals surface area contributed by atoms with E-state index in [4.69, 9.17) is 5.73 Å². The van der Waals surface area contributed by atoms with Crippen molar-refractivity contribution in [3.8, 4) is 11.3 Å². The SMILES string of the molecule is Cc1ccccc1-c1cc(NC(=O)CC2(CN)CCCCC2)n(C)n1.Cl. The standard InChI is InChI=1S/C20H28N4O.ClH/c1-15-8-4-5-9-16(15)17-12-18(24(2)23-17)22-19(25)13-20(14-21)10-6-3-7-11-20;/h4-5,8-9,12H,3,6-7,10-11,13-14,21H2,1-2H3,(H,22,25);1H. The fraction of sp³-hybridized carbons (Fsp3) is 0.500. The molecule has 0 saturated heterocycles. The third-order valence-electron chi connectivity index (χ3n) is 5.45. The number of aromatic nitrogens is 2. The molecule has 0 bridgehead atoms. The molecule has 2 aromatic rings. The number of halogens is 1. The Labute approximate surface area is 161 Å². The molecule has 1 aromatic heterocycles. The van der Waals surface area contributed by atoms with Gasteiger partial charge in [0, 0.05) is 25.1 Å². The maximum Gasteiger partial charge on any atom is 0.226 e. The van der Waals surface area contributed by atoms with E-state index in [2.05, 4.69) is 29.5 Å². The van der Waals surface area contributed by atoms with Gasteiger partial charge >= 0.3 is 0 Å². The quantitative estimate of drug-likeness (QED) is 0.826. The van der Waals surface area contributed by atoms with Gasteiger partial charge < -0.3 is 11.1 Å². The highest BCUT2D eigenvalue weighted by Crippen LogP contribution is 2.38. The molecule has 1 aliphatic rings. The number of hydrogen-bond donors (Lipinski definition) is 2. The predicted molar refractivity (Wildman–Crippen MR) is 108 cm³/mol. The van der Waals surface area contributed by atoms with Crippen molar-refractivity contribution < 1.29 is 4.79 Å². The van der Waals surface area contributed by atoms with Crippen LogP contribution in [0.1, 0.15) is 44.1 Å². The van der Waals surface area contributed by atoms with Crippen molar-refractivity contribution in [1.82, 2.24) is 9.78 Å². The van der Waals surface area contributed by atoms with Crippen LogP contribution in [0.4, 0.5) is 5.82 Å². The summed E-state index contributed by atoms with van der Waals surface area (Å²) in [6.07, 6.45) is 6.20. The molecule has 6 heteroatoms. The Morgan fingerprint density at radius 1 is 1.27 bits per heavy atom. The number of anilines is 1. The molecule has 26 heavy (non-hydrogen) atoms. The zero-order valence-corrected chi connectivity index (χ0v) is 16.4. The molecule has 1 saturated carbocycles. The van der Waals surface area contributed by atoms with Crippen molar-refractivity contribution in [3.05, 3.63) is 35.9 Å². The highest BCUT2D eigenvalue weighted by atomic mass is 35.5. The number of amides is 1. The summed E-state index contributed by atoms with van der Waals surface area (Å²) in [5.74, 6) is 0.762. The molecule has 5 nitrogen and oxygen atoms in total. The zero-order valence-electron chi connectivity index (χ0n) is 15.6. The van der Waals surface area contributed by atoms with Gasteiger partial charge in [0.25, 0.3) is 0 Å². The average Bonchev–Trinajstić information content (AvgIpc) is 2.96. The Bertz CT molecular complexity index is 750. The maximum atomic E-state index is 12.6. The Morgan fingerprint density at radius 2 is 1.96 bits per heavy atom. The van der Waals surface area contributed by atoms with E-state index in [1.807, 2.05) is 25.2 Å². The molecule has 0 aliphatic heterocycles.